The molecule has 0 aromatic rings. The Labute approximate surface area is 177 Å². The van der Waals surface area contributed by atoms with E-state index in [1.165, 1.54) is 0 Å². The van der Waals surface area contributed by atoms with Gasteiger partial charge in [0.15, 0.2) is 0 Å². The first-order chi connectivity index (χ1) is 14.3. The van der Waals surface area contributed by atoms with E-state index in [0.29, 0.717) is 12.2 Å². The van der Waals surface area contributed by atoms with Crippen molar-refractivity contribution in [2.45, 2.75) is 37.9 Å². The van der Waals surface area contributed by atoms with Crippen molar-refractivity contribution >= 4 is 35.6 Å². The van der Waals surface area contributed by atoms with E-state index in [1.54, 1.807) is 0 Å². The van der Waals surface area contributed by atoms with Crippen molar-refractivity contribution in [2.24, 2.45) is 10.8 Å². The van der Waals surface area contributed by atoms with Gasteiger partial charge < -0.3 is 35.8 Å². The molecule has 0 radical (unpaired) electrons. The molecule has 1 unspecified atom stereocenters. The summed E-state index contributed by atoms with van der Waals surface area (Å²) in [7, 11) is 2.12. The molecule has 2 amide bonds. The van der Waals surface area contributed by atoms with Crippen molar-refractivity contribution in [3.8, 4) is 0 Å². The summed E-state index contributed by atoms with van der Waals surface area (Å²) in [6.45, 7) is 4.06. The van der Waals surface area contributed by atoms with Crippen molar-refractivity contribution in [3.05, 3.63) is 12.2 Å². The van der Waals surface area contributed by atoms with Crippen LogP contribution in [0.2, 0.25) is 0 Å². The number of rotatable bonds is 3. The summed E-state index contributed by atoms with van der Waals surface area (Å²) < 4.78 is 6.03. The number of carboxylic acid groups (broad SMARTS) is 4. The number of carbonyl (C=O) groups is 5. The third-order valence-corrected chi connectivity index (χ3v) is 4.16. The largest absolute Gasteiger partial charge is 0.478 e. The highest BCUT2D eigenvalue weighted by Crippen LogP contribution is 2.37. The second-order valence-corrected chi connectivity index (χ2v) is 6.62. The number of carbonyl (C=O) groups excluding carboxylic acids is 1. The molecule has 1 spiro atoms. The summed E-state index contributed by atoms with van der Waals surface area (Å²) in [6.07, 6.45) is 3.91. The first-order valence-electron chi connectivity index (χ1n) is 8.86. The summed E-state index contributed by atoms with van der Waals surface area (Å²) in [5.41, 5.74) is 8.09. The summed E-state index contributed by atoms with van der Waals surface area (Å²) in [5.74, 6) is -6.16. The zero-order valence-corrected chi connectivity index (χ0v) is 17.0. The van der Waals surface area contributed by atoms with Crippen LogP contribution in [0.4, 0.5) is 4.79 Å². The summed E-state index contributed by atoms with van der Waals surface area (Å²) in [4.78, 5) is 50.2. The lowest BCUT2D eigenvalue weighted by Gasteiger charge is -2.36. The molecule has 2 rings (SSSR count). The number of aliphatic carboxylic acids is 4. The van der Waals surface area contributed by atoms with Crippen molar-refractivity contribution in [1.29, 1.82) is 0 Å². The Kier molecular flexibility index (Phi) is 11.5. The average molecular weight is 446 g/mol. The minimum absolute atomic E-state index is 0.0368. The van der Waals surface area contributed by atoms with Crippen molar-refractivity contribution in [3.63, 3.8) is 0 Å². The van der Waals surface area contributed by atoms with Crippen LogP contribution in [-0.2, 0) is 23.9 Å². The molecule has 2 saturated heterocycles. The predicted molar refractivity (Wildman–Crippen MR) is 104 cm³/mol. The zero-order valence-electron chi connectivity index (χ0n) is 17.0. The first kappa shape index (κ1) is 27.5. The molecule has 0 aromatic carbocycles. The summed E-state index contributed by atoms with van der Waals surface area (Å²) in [6, 6.07) is -0.631. The van der Waals surface area contributed by atoms with Crippen LogP contribution in [0.15, 0.2) is 17.3 Å². The molecule has 1 atom stereocenters. The number of ether oxygens (including phenoxy) is 1. The quantitative estimate of drug-likeness (QED) is 0.178. The molecule has 0 aliphatic carbocycles. The van der Waals surface area contributed by atoms with Crippen LogP contribution in [0.25, 0.3) is 0 Å². The van der Waals surface area contributed by atoms with Crippen molar-refractivity contribution in [1.82, 2.24) is 10.3 Å². The molecule has 0 saturated carbocycles. The number of nitrogens with zero attached hydrogens (tertiary/aromatic N) is 2. The molecule has 174 valence electrons. The molecule has 0 bridgehead atoms. The lowest BCUT2D eigenvalue weighted by molar-refractivity contribution is -0.159. The van der Waals surface area contributed by atoms with E-state index in [-0.39, 0.29) is 11.7 Å². The maximum Gasteiger partial charge on any atom is 0.414 e. The number of amides is 2. The second kappa shape index (κ2) is 12.9. The van der Waals surface area contributed by atoms with Gasteiger partial charge in [0.1, 0.15) is 0 Å². The second-order valence-electron chi connectivity index (χ2n) is 6.62. The molecule has 7 N–H and O–H groups in total. The molecule has 14 nitrogen and oxygen atoms in total. The van der Waals surface area contributed by atoms with Crippen LogP contribution >= 0.6 is 0 Å². The van der Waals surface area contributed by atoms with E-state index in [1.807, 2.05) is 6.92 Å². The normalized spacial score (nSPS) is 20.8. The number of carboxylic acids is 4. The Bertz CT molecular complexity index is 713. The number of hydrogen-bond donors (Lipinski definition) is 6. The average Bonchev–Trinajstić information content (AvgIpc) is 2.97. The molecule has 2 fully saturated rings. The third kappa shape index (κ3) is 11.9. The summed E-state index contributed by atoms with van der Waals surface area (Å²) in [5, 5.41) is 34.4. The van der Waals surface area contributed by atoms with Crippen molar-refractivity contribution in [2.75, 3.05) is 20.1 Å². The SMILES string of the molecule is CC1OC2(CCN(C)CC2)C/C1=N/NC(N)=O.O=C(O)/C=C\C(=O)O.O=C(O)C(=O)O. The smallest absolute Gasteiger partial charge is 0.414 e. The fraction of sp³-hybridized carbons (Fsp3) is 0.529. The lowest BCUT2D eigenvalue weighted by Crippen LogP contribution is -2.42. The molecule has 2 heterocycles. The number of nitrogens with one attached hydrogen (secondary N) is 1. The van der Waals surface area contributed by atoms with E-state index >= 15 is 0 Å². The lowest BCUT2D eigenvalue weighted by atomic mass is 9.88. The van der Waals surface area contributed by atoms with Gasteiger partial charge in [0, 0.05) is 31.7 Å². The van der Waals surface area contributed by atoms with Crippen LogP contribution < -0.4 is 11.2 Å². The van der Waals surface area contributed by atoms with Gasteiger partial charge >= 0.3 is 29.9 Å². The van der Waals surface area contributed by atoms with Crippen LogP contribution in [0.5, 0.6) is 0 Å². The Balaban J connectivity index is 0.000000537. The van der Waals surface area contributed by atoms with Crippen LogP contribution in [-0.4, -0.2) is 92.8 Å². The fourth-order valence-corrected chi connectivity index (χ4v) is 2.68. The molecule has 2 aliphatic heterocycles. The number of urea groups is 1. The highest BCUT2D eigenvalue weighted by Gasteiger charge is 2.44. The number of hydrazone groups is 1. The van der Waals surface area contributed by atoms with Gasteiger partial charge in [0.25, 0.3) is 0 Å². The summed E-state index contributed by atoms with van der Waals surface area (Å²) >= 11 is 0. The number of primary amides is 1. The Hall–Kier alpha value is -3.52. The Morgan fingerprint density at radius 1 is 1.06 bits per heavy atom. The van der Waals surface area contributed by atoms with Crippen molar-refractivity contribution < 1.29 is 49.1 Å². The Morgan fingerprint density at radius 3 is 1.87 bits per heavy atom. The van der Waals surface area contributed by atoms with Gasteiger partial charge in [-0.2, -0.15) is 5.10 Å². The number of likely N-dealkylation sites (tertiary alicyclic amines) is 1. The van der Waals surface area contributed by atoms with E-state index in [9.17, 15) is 14.4 Å². The van der Waals surface area contributed by atoms with Gasteiger partial charge in [-0.15, -0.1) is 0 Å². The molecular formula is C17H26N4O10. The molecule has 0 aromatic heterocycles. The van der Waals surface area contributed by atoms with Gasteiger partial charge in [-0.25, -0.2) is 29.4 Å². The minimum Gasteiger partial charge on any atom is -0.478 e. The van der Waals surface area contributed by atoms with Crippen LogP contribution in [0.1, 0.15) is 26.2 Å². The first-order valence-corrected chi connectivity index (χ1v) is 8.86. The van der Waals surface area contributed by atoms with E-state index in [0.717, 1.165) is 38.1 Å². The van der Waals surface area contributed by atoms with Gasteiger partial charge in [-0.05, 0) is 26.8 Å². The highest BCUT2D eigenvalue weighted by molar-refractivity contribution is 6.27. The van der Waals surface area contributed by atoms with E-state index in [4.69, 9.17) is 40.5 Å². The van der Waals surface area contributed by atoms with E-state index in [2.05, 4.69) is 22.5 Å². The monoisotopic (exact) mass is 446 g/mol. The molecule has 31 heavy (non-hydrogen) atoms. The van der Waals surface area contributed by atoms with Gasteiger partial charge in [-0.1, -0.05) is 0 Å². The highest BCUT2D eigenvalue weighted by atomic mass is 16.5. The van der Waals surface area contributed by atoms with Crippen LogP contribution in [0, 0.1) is 0 Å². The number of nitrogens with two attached hydrogens (primary N) is 1. The molecular weight excluding hydrogens is 420 g/mol. The predicted octanol–water partition coefficient (Wildman–Crippen LogP) is -0.849. The third-order valence-electron chi connectivity index (χ3n) is 4.16. The minimum atomic E-state index is -1.82. The standard InChI is InChI=1S/C11H20N4O2.C4H4O4.C2H2O4/c1-8-9(13-14-10(12)16)7-11(17-8)3-5-15(2)6-4-11;5-3(6)1-2-4(7)8;3-1(4)2(5)6/h8H,3-7H2,1-2H3,(H3,12,14,16);1-2H,(H,5,6)(H,7,8);(H,3,4)(H,5,6)/b13-9-;2-1-;. The number of hydrogen-bond acceptors (Lipinski definition) is 8. The van der Waals surface area contributed by atoms with Gasteiger partial charge in [0.2, 0.25) is 0 Å². The van der Waals surface area contributed by atoms with Crippen LogP contribution in [0.3, 0.4) is 0 Å². The molecule has 14 heteroatoms. The van der Waals surface area contributed by atoms with Gasteiger partial charge in [0.05, 0.1) is 17.4 Å². The van der Waals surface area contributed by atoms with E-state index < -0.39 is 29.9 Å². The fourth-order valence-electron chi connectivity index (χ4n) is 2.68. The maximum atomic E-state index is 10.6. The maximum absolute atomic E-state index is 10.6. The molecule has 2 aliphatic rings. The zero-order chi connectivity index (χ0) is 24.2. The number of piperidine rings is 1. The topological polar surface area (TPSA) is 229 Å². The van der Waals surface area contributed by atoms with Gasteiger partial charge in [-0.3, -0.25) is 0 Å². The Morgan fingerprint density at radius 2 is 1.52 bits per heavy atom.